The van der Waals surface area contributed by atoms with E-state index in [0.717, 1.165) is 0 Å². The highest BCUT2D eigenvalue weighted by Gasteiger charge is 2.29. The molecule has 0 fully saturated rings. The predicted molar refractivity (Wildman–Crippen MR) is 88.2 cm³/mol. The summed E-state index contributed by atoms with van der Waals surface area (Å²) in [5, 5.41) is 14.9. The number of nitrogens with one attached hydrogen (secondary N) is 2. The van der Waals surface area contributed by atoms with Gasteiger partial charge in [0.2, 0.25) is 0 Å². The van der Waals surface area contributed by atoms with Crippen molar-refractivity contribution in [2.24, 2.45) is 0 Å². The van der Waals surface area contributed by atoms with Gasteiger partial charge in [0.05, 0.1) is 13.2 Å². The van der Waals surface area contributed by atoms with Crippen LogP contribution in [0.4, 0.5) is 4.79 Å². The number of rotatable bonds is 9. The number of hydrogen-bond donors (Lipinski definition) is 3. The van der Waals surface area contributed by atoms with Crippen molar-refractivity contribution in [1.82, 2.24) is 10.6 Å². The highest BCUT2D eigenvalue weighted by atomic mass is 16.6. The number of carbonyl (C=O) groups is 3. The van der Waals surface area contributed by atoms with Gasteiger partial charge in [0.25, 0.3) is 5.91 Å². The van der Waals surface area contributed by atoms with E-state index in [9.17, 15) is 19.5 Å². The Morgan fingerprint density at radius 3 is 2.42 bits per heavy atom. The van der Waals surface area contributed by atoms with Gasteiger partial charge in [-0.05, 0) is 40.0 Å². The van der Waals surface area contributed by atoms with Crippen molar-refractivity contribution in [3.8, 4) is 0 Å². The highest BCUT2D eigenvalue weighted by Crippen LogP contribution is 2.10. The zero-order valence-corrected chi connectivity index (χ0v) is 14.8. The van der Waals surface area contributed by atoms with E-state index in [0.29, 0.717) is 19.3 Å². The topological polar surface area (TPSA) is 114 Å². The van der Waals surface area contributed by atoms with Gasteiger partial charge < -0.3 is 25.2 Å². The fourth-order valence-corrected chi connectivity index (χ4v) is 1.77. The highest BCUT2D eigenvalue weighted by molar-refractivity contribution is 5.85. The van der Waals surface area contributed by atoms with Crippen LogP contribution >= 0.6 is 0 Å². The lowest BCUT2D eigenvalue weighted by Crippen LogP contribution is -2.52. The summed E-state index contributed by atoms with van der Waals surface area (Å²) in [6.07, 6.45) is 1.08. The summed E-state index contributed by atoms with van der Waals surface area (Å²) in [5.41, 5.74) is -0.701. The molecule has 3 N–H and O–H groups in total. The van der Waals surface area contributed by atoms with Crippen LogP contribution in [0.5, 0.6) is 0 Å². The third-order valence-electron chi connectivity index (χ3n) is 2.91. The normalized spacial score (nSPS) is 13.4. The smallest absolute Gasteiger partial charge is 0.407 e. The van der Waals surface area contributed by atoms with Crippen LogP contribution in [0.3, 0.4) is 0 Å². The largest absolute Gasteiger partial charge is 0.468 e. The summed E-state index contributed by atoms with van der Waals surface area (Å²) in [7, 11) is 1.19. The van der Waals surface area contributed by atoms with Crippen LogP contribution in [0, 0.1) is 0 Å². The van der Waals surface area contributed by atoms with Gasteiger partial charge >= 0.3 is 12.1 Å². The first-order valence-corrected chi connectivity index (χ1v) is 7.73. The molecule has 1 unspecified atom stereocenters. The monoisotopic (exact) mass is 344 g/mol. The molecule has 0 saturated carbocycles. The van der Waals surface area contributed by atoms with Crippen LogP contribution in [0.1, 0.15) is 40.0 Å². The Morgan fingerprint density at radius 2 is 1.92 bits per heavy atom. The number of carbonyl (C=O) groups excluding carboxylic acids is 3. The van der Waals surface area contributed by atoms with Crippen molar-refractivity contribution >= 4 is 18.0 Å². The van der Waals surface area contributed by atoms with E-state index in [4.69, 9.17) is 4.74 Å². The number of methoxy groups -OCH3 is 1. The summed E-state index contributed by atoms with van der Waals surface area (Å²) in [5.74, 6) is -1.42. The lowest BCUT2D eigenvalue weighted by molar-refractivity contribution is -0.142. The van der Waals surface area contributed by atoms with Crippen LogP contribution in [0.25, 0.3) is 0 Å². The van der Waals surface area contributed by atoms with Gasteiger partial charge in [0.1, 0.15) is 12.1 Å². The molecule has 0 spiro atoms. The maximum Gasteiger partial charge on any atom is 0.407 e. The molecule has 2 atom stereocenters. The molecule has 2 amide bonds. The Labute approximate surface area is 142 Å². The van der Waals surface area contributed by atoms with Crippen LogP contribution in [0.15, 0.2) is 12.7 Å². The van der Waals surface area contributed by atoms with Gasteiger partial charge in [-0.15, -0.1) is 6.58 Å². The van der Waals surface area contributed by atoms with Gasteiger partial charge in [-0.1, -0.05) is 6.08 Å². The van der Waals surface area contributed by atoms with Gasteiger partial charge in [-0.3, -0.25) is 9.59 Å². The molecule has 0 aromatic carbocycles. The molecular weight excluding hydrogens is 316 g/mol. The Balaban J connectivity index is 4.77. The second-order valence-electron chi connectivity index (χ2n) is 6.21. The lowest BCUT2D eigenvalue weighted by atomic mass is 10.0. The van der Waals surface area contributed by atoms with Crippen LogP contribution in [-0.4, -0.2) is 54.5 Å². The van der Waals surface area contributed by atoms with E-state index in [1.807, 2.05) is 0 Å². The van der Waals surface area contributed by atoms with E-state index >= 15 is 0 Å². The number of alkyl carbamates (subject to hydrolysis) is 1. The summed E-state index contributed by atoms with van der Waals surface area (Å²) >= 11 is 0. The first-order chi connectivity index (χ1) is 11.1. The van der Waals surface area contributed by atoms with Gasteiger partial charge in [0.15, 0.2) is 6.10 Å². The van der Waals surface area contributed by atoms with E-state index in [1.54, 1.807) is 26.8 Å². The van der Waals surface area contributed by atoms with Crippen LogP contribution < -0.4 is 10.6 Å². The molecule has 0 saturated heterocycles. The number of aliphatic hydroxyl groups is 1. The van der Waals surface area contributed by atoms with Crippen molar-refractivity contribution in [3.05, 3.63) is 12.7 Å². The zero-order valence-electron chi connectivity index (χ0n) is 14.8. The summed E-state index contributed by atoms with van der Waals surface area (Å²) in [4.78, 5) is 34.8. The standard InChI is InChI=1S/C16H28N2O6/c1-6-7-8-9-11(18-15(22)24-16(2,3)4)13(20)14(21)17-10-12(19)23-5/h6,11,13,20H,1,7-10H2,2-5H3,(H,17,21)(H,18,22)/t11-,13?/m0/s1. The maximum atomic E-state index is 11.9. The number of esters is 1. The number of unbranched alkanes of at least 4 members (excludes halogenated alkanes) is 1. The average Bonchev–Trinajstić information content (AvgIpc) is 2.48. The number of hydrogen-bond acceptors (Lipinski definition) is 6. The van der Waals surface area contributed by atoms with Crippen LogP contribution in [-0.2, 0) is 19.1 Å². The molecule has 8 heteroatoms. The zero-order chi connectivity index (χ0) is 18.8. The van der Waals surface area contributed by atoms with Crippen molar-refractivity contribution < 1.29 is 29.0 Å². The second kappa shape index (κ2) is 10.6. The molecule has 138 valence electrons. The predicted octanol–water partition coefficient (Wildman–Crippen LogP) is 0.886. The number of ether oxygens (including phenoxy) is 2. The fourth-order valence-electron chi connectivity index (χ4n) is 1.77. The SMILES string of the molecule is C=CCCC[C@H](NC(=O)OC(C)(C)C)C(O)C(=O)NCC(=O)OC. The molecule has 0 radical (unpaired) electrons. The Bertz CT molecular complexity index is 444. The first kappa shape index (κ1) is 21.9. The molecule has 0 rings (SSSR count). The Kier molecular flexibility index (Phi) is 9.71. The second-order valence-corrected chi connectivity index (χ2v) is 6.21. The summed E-state index contributed by atoms with van der Waals surface area (Å²) in [6.45, 7) is 8.36. The third-order valence-corrected chi connectivity index (χ3v) is 2.91. The summed E-state index contributed by atoms with van der Waals surface area (Å²) < 4.78 is 9.54. The molecular formula is C16H28N2O6. The molecule has 0 aromatic rings. The van der Waals surface area contributed by atoms with Gasteiger partial charge in [-0.2, -0.15) is 0 Å². The Hall–Kier alpha value is -2.09. The van der Waals surface area contributed by atoms with E-state index in [1.165, 1.54) is 7.11 Å². The minimum absolute atomic E-state index is 0.345. The van der Waals surface area contributed by atoms with E-state index in [2.05, 4.69) is 21.9 Å². The molecule has 0 aliphatic carbocycles. The molecule has 8 nitrogen and oxygen atoms in total. The van der Waals surface area contributed by atoms with Crippen molar-refractivity contribution in [2.75, 3.05) is 13.7 Å². The molecule has 0 bridgehead atoms. The number of amides is 2. The van der Waals surface area contributed by atoms with Gasteiger partial charge in [-0.25, -0.2) is 4.79 Å². The van der Waals surface area contributed by atoms with Crippen molar-refractivity contribution in [2.45, 2.75) is 57.8 Å². The molecule has 0 aliphatic heterocycles. The molecule has 0 heterocycles. The average molecular weight is 344 g/mol. The van der Waals surface area contributed by atoms with Crippen LogP contribution in [0.2, 0.25) is 0 Å². The third kappa shape index (κ3) is 9.83. The first-order valence-electron chi connectivity index (χ1n) is 7.73. The lowest BCUT2D eigenvalue weighted by Gasteiger charge is -2.26. The molecule has 0 aromatic heterocycles. The molecule has 24 heavy (non-hydrogen) atoms. The number of allylic oxidation sites excluding steroid dienone is 1. The quantitative estimate of drug-likeness (QED) is 0.325. The number of aliphatic hydroxyl groups excluding tert-OH is 1. The van der Waals surface area contributed by atoms with Gasteiger partial charge in [0, 0.05) is 0 Å². The van der Waals surface area contributed by atoms with E-state index < -0.39 is 35.7 Å². The summed E-state index contributed by atoms with van der Waals surface area (Å²) in [6, 6.07) is -0.850. The minimum atomic E-state index is -1.52. The maximum absolute atomic E-state index is 11.9. The Morgan fingerprint density at radius 1 is 1.29 bits per heavy atom. The fraction of sp³-hybridized carbons (Fsp3) is 0.688. The minimum Gasteiger partial charge on any atom is -0.468 e. The van der Waals surface area contributed by atoms with Crippen molar-refractivity contribution in [3.63, 3.8) is 0 Å². The molecule has 0 aliphatic rings. The van der Waals surface area contributed by atoms with Crippen molar-refractivity contribution in [1.29, 1.82) is 0 Å². The van der Waals surface area contributed by atoms with E-state index in [-0.39, 0.29) is 6.54 Å².